The van der Waals surface area contributed by atoms with Gasteiger partial charge in [0.25, 0.3) is 6.43 Å². The molecule has 0 saturated heterocycles. The van der Waals surface area contributed by atoms with Crippen molar-refractivity contribution in [2.45, 2.75) is 6.43 Å². The maximum atomic E-state index is 12.8. The van der Waals surface area contributed by atoms with E-state index in [9.17, 15) is 23.7 Å². The molecule has 7 nitrogen and oxygen atoms in total. The summed E-state index contributed by atoms with van der Waals surface area (Å²) in [4.78, 5) is 24.0. The smallest absolute Gasteiger partial charge is 0.340 e. The van der Waals surface area contributed by atoms with Crippen LogP contribution in [0.4, 0.5) is 14.5 Å². The summed E-state index contributed by atoms with van der Waals surface area (Å²) in [5.74, 6) is -1.19. The van der Waals surface area contributed by atoms with E-state index in [0.29, 0.717) is 6.20 Å². The maximum Gasteiger partial charge on any atom is 0.340 e. The number of halogens is 2. The fraction of sp³-hybridized carbons (Fsp3) is 0.222. The normalized spacial score (nSPS) is 9.94. The van der Waals surface area contributed by atoms with Crippen molar-refractivity contribution in [3.05, 3.63) is 33.1 Å². The minimum absolute atomic E-state index is 0.652. The van der Waals surface area contributed by atoms with Gasteiger partial charge < -0.3 is 4.74 Å². The zero-order chi connectivity index (χ0) is 13.9. The number of aromatic nitrogens is 1. The van der Waals surface area contributed by atoms with Gasteiger partial charge >= 0.3 is 11.7 Å². The molecule has 0 radical (unpaired) electrons. The zero-order valence-electron chi connectivity index (χ0n) is 8.89. The van der Waals surface area contributed by atoms with E-state index >= 15 is 0 Å². The van der Waals surface area contributed by atoms with Crippen LogP contribution in [0.2, 0.25) is 0 Å². The Morgan fingerprint density at radius 3 is 2.67 bits per heavy atom. The molecule has 0 amide bonds. The first-order valence-electron chi connectivity index (χ1n) is 4.37. The van der Waals surface area contributed by atoms with Crippen molar-refractivity contribution >= 4 is 11.7 Å². The first kappa shape index (κ1) is 13.4. The highest BCUT2D eigenvalue weighted by Crippen LogP contribution is 2.33. The second kappa shape index (κ2) is 5.13. The third kappa shape index (κ3) is 2.22. The number of methoxy groups -OCH3 is 1. The predicted octanol–water partition coefficient (Wildman–Crippen LogP) is 1.59. The average Bonchev–Trinajstić information content (AvgIpc) is 2.35. The van der Waals surface area contributed by atoms with E-state index in [-0.39, 0.29) is 0 Å². The van der Waals surface area contributed by atoms with Crippen molar-refractivity contribution in [3.8, 4) is 6.07 Å². The second-order valence-corrected chi connectivity index (χ2v) is 2.94. The van der Waals surface area contributed by atoms with Gasteiger partial charge in [-0.2, -0.15) is 5.26 Å². The lowest BCUT2D eigenvalue weighted by atomic mass is 10.1. The summed E-state index contributed by atoms with van der Waals surface area (Å²) >= 11 is 0. The van der Waals surface area contributed by atoms with Crippen LogP contribution < -0.4 is 0 Å². The van der Waals surface area contributed by atoms with E-state index in [2.05, 4.69) is 9.72 Å². The summed E-state index contributed by atoms with van der Waals surface area (Å²) in [7, 11) is 0.932. The Balaban J connectivity index is 3.69. The van der Waals surface area contributed by atoms with Crippen LogP contribution in [0, 0.1) is 21.4 Å². The minimum atomic E-state index is -3.31. The molecule has 0 atom stereocenters. The predicted molar refractivity (Wildman–Crippen MR) is 51.9 cm³/mol. The van der Waals surface area contributed by atoms with E-state index in [1.54, 1.807) is 0 Å². The van der Waals surface area contributed by atoms with Crippen molar-refractivity contribution < 1.29 is 23.2 Å². The molecule has 0 bridgehead atoms. The molecule has 0 saturated carbocycles. The summed E-state index contributed by atoms with van der Waals surface area (Å²) in [5.41, 5.74) is -3.88. The van der Waals surface area contributed by atoms with Crippen molar-refractivity contribution in [1.29, 1.82) is 5.26 Å². The first-order valence-corrected chi connectivity index (χ1v) is 4.37. The van der Waals surface area contributed by atoms with E-state index < -0.39 is 39.8 Å². The number of ether oxygens (including phenoxy) is 1. The van der Waals surface area contributed by atoms with Crippen LogP contribution in [0.5, 0.6) is 0 Å². The van der Waals surface area contributed by atoms with Crippen LogP contribution in [0.3, 0.4) is 0 Å². The standard InChI is InChI=1S/C9H5F2N3O4/c1-18-9(15)4-3-13-5(2-12)7(14(16)17)6(4)8(10)11/h3,8H,1H3. The summed E-state index contributed by atoms with van der Waals surface area (Å²) in [5, 5.41) is 19.3. The number of pyridine rings is 1. The third-order valence-electron chi connectivity index (χ3n) is 2.00. The second-order valence-electron chi connectivity index (χ2n) is 2.94. The molecule has 1 heterocycles. The minimum Gasteiger partial charge on any atom is -0.465 e. The Morgan fingerprint density at radius 2 is 2.28 bits per heavy atom. The molecule has 94 valence electrons. The van der Waals surface area contributed by atoms with Crippen molar-refractivity contribution in [1.82, 2.24) is 4.98 Å². The largest absolute Gasteiger partial charge is 0.465 e. The number of carbonyl (C=O) groups is 1. The molecular formula is C9H5F2N3O4. The van der Waals surface area contributed by atoms with E-state index in [4.69, 9.17) is 5.26 Å². The lowest BCUT2D eigenvalue weighted by Gasteiger charge is -2.07. The van der Waals surface area contributed by atoms with Crippen molar-refractivity contribution in [2.75, 3.05) is 7.11 Å². The van der Waals surface area contributed by atoms with Gasteiger partial charge in [-0.15, -0.1) is 0 Å². The van der Waals surface area contributed by atoms with Crippen LogP contribution in [0.1, 0.15) is 28.0 Å². The van der Waals surface area contributed by atoms with E-state index in [1.807, 2.05) is 0 Å². The SMILES string of the molecule is COC(=O)c1cnc(C#N)c([N+](=O)[O-])c1C(F)F. The van der Waals surface area contributed by atoms with Gasteiger partial charge in [-0.05, 0) is 0 Å². The number of hydrogen-bond donors (Lipinski definition) is 0. The van der Waals surface area contributed by atoms with Gasteiger partial charge in [0, 0.05) is 6.20 Å². The number of esters is 1. The molecule has 0 spiro atoms. The van der Waals surface area contributed by atoms with Gasteiger partial charge in [0.2, 0.25) is 5.69 Å². The van der Waals surface area contributed by atoms with Crippen LogP contribution in [-0.4, -0.2) is 23.0 Å². The Bertz CT molecular complexity index is 553. The number of nitro groups is 1. The van der Waals surface area contributed by atoms with Crippen LogP contribution in [0.15, 0.2) is 6.20 Å². The number of hydrogen-bond acceptors (Lipinski definition) is 6. The Labute approximate surface area is 98.8 Å². The van der Waals surface area contributed by atoms with Gasteiger partial charge in [0.1, 0.15) is 11.6 Å². The van der Waals surface area contributed by atoms with E-state index in [1.165, 1.54) is 6.07 Å². The number of alkyl halides is 2. The summed E-state index contributed by atoms with van der Waals surface area (Å²) in [6.07, 6.45) is -2.66. The highest BCUT2D eigenvalue weighted by molar-refractivity contribution is 5.92. The molecular weight excluding hydrogens is 252 g/mol. The number of carbonyl (C=O) groups excluding carboxylic acids is 1. The molecule has 1 aromatic heterocycles. The topological polar surface area (TPSA) is 106 Å². The molecule has 1 aromatic rings. The fourth-order valence-electron chi connectivity index (χ4n) is 1.28. The molecule has 9 heteroatoms. The molecule has 0 unspecified atom stereocenters. The van der Waals surface area contributed by atoms with Crippen LogP contribution >= 0.6 is 0 Å². The molecule has 18 heavy (non-hydrogen) atoms. The molecule has 0 aliphatic rings. The third-order valence-corrected chi connectivity index (χ3v) is 2.00. The van der Waals surface area contributed by atoms with Crippen LogP contribution in [-0.2, 0) is 4.74 Å². The lowest BCUT2D eigenvalue weighted by molar-refractivity contribution is -0.386. The summed E-state index contributed by atoms with van der Waals surface area (Å²) in [6, 6.07) is 1.32. The summed E-state index contributed by atoms with van der Waals surface area (Å²) < 4.78 is 29.8. The lowest BCUT2D eigenvalue weighted by Crippen LogP contribution is -2.11. The van der Waals surface area contributed by atoms with Gasteiger partial charge in [0.05, 0.1) is 17.6 Å². The quantitative estimate of drug-likeness (QED) is 0.462. The molecule has 0 N–H and O–H groups in total. The Morgan fingerprint density at radius 1 is 1.67 bits per heavy atom. The Hall–Kier alpha value is -2.63. The van der Waals surface area contributed by atoms with Crippen molar-refractivity contribution in [2.24, 2.45) is 0 Å². The molecule has 0 aliphatic heterocycles. The highest BCUT2D eigenvalue weighted by Gasteiger charge is 2.33. The van der Waals surface area contributed by atoms with Gasteiger partial charge in [-0.1, -0.05) is 0 Å². The van der Waals surface area contributed by atoms with Crippen LogP contribution in [0.25, 0.3) is 0 Å². The summed E-state index contributed by atoms with van der Waals surface area (Å²) in [6.45, 7) is 0. The maximum absolute atomic E-state index is 12.8. The van der Waals surface area contributed by atoms with Crippen molar-refractivity contribution in [3.63, 3.8) is 0 Å². The number of rotatable bonds is 3. The van der Waals surface area contributed by atoms with Gasteiger partial charge in [-0.25, -0.2) is 18.6 Å². The monoisotopic (exact) mass is 257 g/mol. The average molecular weight is 257 g/mol. The highest BCUT2D eigenvalue weighted by atomic mass is 19.3. The molecule has 0 fully saturated rings. The number of nitriles is 1. The molecule has 0 aliphatic carbocycles. The first-order chi connectivity index (χ1) is 8.43. The zero-order valence-corrected chi connectivity index (χ0v) is 8.89. The Kier molecular flexibility index (Phi) is 3.83. The molecule has 1 rings (SSSR count). The van der Waals surface area contributed by atoms with E-state index in [0.717, 1.165) is 7.11 Å². The molecule has 0 aromatic carbocycles. The fourth-order valence-corrected chi connectivity index (χ4v) is 1.28. The van der Waals surface area contributed by atoms with Gasteiger partial charge in [0.15, 0.2) is 0 Å². The van der Waals surface area contributed by atoms with Gasteiger partial charge in [-0.3, -0.25) is 10.1 Å². The number of nitrogens with zero attached hydrogens (tertiary/aromatic N) is 3.